The number of hydrogen-bond donors (Lipinski definition) is 0. The summed E-state index contributed by atoms with van der Waals surface area (Å²) in [7, 11) is 0. The van der Waals surface area contributed by atoms with Gasteiger partial charge in [0.15, 0.2) is 0 Å². The molecule has 1 nitrogen and oxygen atoms in total. The summed E-state index contributed by atoms with van der Waals surface area (Å²) in [5, 5.41) is 0.790. The van der Waals surface area contributed by atoms with E-state index in [1.165, 1.54) is 23.7 Å². The van der Waals surface area contributed by atoms with E-state index in [1.807, 2.05) is 30.3 Å². The Labute approximate surface area is 148 Å². The summed E-state index contributed by atoms with van der Waals surface area (Å²) in [6.07, 6.45) is 4.05. The summed E-state index contributed by atoms with van der Waals surface area (Å²) in [6.45, 7) is 0. The summed E-state index contributed by atoms with van der Waals surface area (Å²) < 4.78 is 1.48. The minimum atomic E-state index is 0.261. The SMILES string of the molecule is O=C(SC1C2CCC(C2)C1[Se]c1ccccc1)c1ccccc1. The molecule has 3 heteroatoms. The van der Waals surface area contributed by atoms with Crippen LogP contribution in [0.3, 0.4) is 0 Å². The van der Waals surface area contributed by atoms with Crippen molar-refractivity contribution >= 4 is 36.3 Å². The molecule has 23 heavy (non-hydrogen) atoms. The first-order valence-electron chi connectivity index (χ1n) is 8.29. The summed E-state index contributed by atoms with van der Waals surface area (Å²) in [4.78, 5) is 13.4. The van der Waals surface area contributed by atoms with Crippen LogP contribution in [0.15, 0.2) is 60.7 Å². The van der Waals surface area contributed by atoms with E-state index >= 15 is 0 Å². The average Bonchev–Trinajstić information content (AvgIpc) is 3.19. The number of hydrogen-bond acceptors (Lipinski definition) is 2. The Hall–Kier alpha value is -1.02. The average molecular weight is 387 g/mol. The third-order valence-electron chi connectivity index (χ3n) is 5.03. The van der Waals surface area contributed by atoms with Crippen molar-refractivity contribution in [3.63, 3.8) is 0 Å². The van der Waals surface area contributed by atoms with Crippen molar-refractivity contribution in [2.24, 2.45) is 11.8 Å². The second-order valence-corrected chi connectivity index (χ2v) is 10.2. The minimum absolute atomic E-state index is 0.261. The quantitative estimate of drug-likeness (QED) is 0.733. The third kappa shape index (κ3) is 3.28. The molecule has 4 atom stereocenters. The van der Waals surface area contributed by atoms with E-state index in [-0.39, 0.29) is 5.12 Å². The molecule has 0 aromatic heterocycles. The standard InChI is InChI=1S/C20H20OSSe/c21-20(14-7-3-1-4-8-14)22-18-15-11-12-16(13-15)19(18)23-17-9-5-2-6-10-17/h1-10,15-16,18-19H,11-13H2. The molecule has 0 saturated heterocycles. The predicted octanol–water partition coefficient (Wildman–Crippen LogP) is 4.18. The van der Waals surface area contributed by atoms with Crippen LogP contribution in [0.4, 0.5) is 0 Å². The van der Waals surface area contributed by atoms with Gasteiger partial charge in [-0.1, -0.05) is 0 Å². The molecular weight excluding hydrogens is 367 g/mol. The number of benzene rings is 2. The van der Waals surface area contributed by atoms with Crippen molar-refractivity contribution in [1.82, 2.24) is 0 Å². The van der Waals surface area contributed by atoms with E-state index in [2.05, 4.69) is 30.3 Å². The monoisotopic (exact) mass is 388 g/mol. The normalized spacial score (nSPS) is 28.9. The first kappa shape index (κ1) is 15.5. The molecule has 2 aromatic rings. The molecule has 2 aliphatic carbocycles. The molecule has 2 aliphatic rings. The Morgan fingerprint density at radius 2 is 1.57 bits per heavy atom. The first-order chi connectivity index (χ1) is 11.3. The van der Waals surface area contributed by atoms with E-state index in [1.54, 1.807) is 11.8 Å². The van der Waals surface area contributed by atoms with E-state index in [0.717, 1.165) is 22.2 Å². The molecule has 0 amide bonds. The fraction of sp³-hybridized carbons (Fsp3) is 0.350. The van der Waals surface area contributed by atoms with E-state index in [4.69, 9.17) is 0 Å². The summed E-state index contributed by atoms with van der Waals surface area (Å²) in [5.74, 6) is 1.61. The zero-order chi connectivity index (χ0) is 15.6. The molecule has 2 aromatic carbocycles. The zero-order valence-corrected chi connectivity index (χ0v) is 15.5. The molecule has 118 valence electrons. The van der Waals surface area contributed by atoms with E-state index in [0.29, 0.717) is 20.2 Å². The second kappa shape index (κ2) is 6.84. The van der Waals surface area contributed by atoms with Crippen molar-refractivity contribution in [3.05, 3.63) is 66.2 Å². The molecule has 0 radical (unpaired) electrons. The van der Waals surface area contributed by atoms with Crippen LogP contribution in [0.2, 0.25) is 4.82 Å². The molecule has 0 heterocycles. The van der Waals surface area contributed by atoms with Crippen molar-refractivity contribution in [1.29, 1.82) is 0 Å². The summed E-state index contributed by atoms with van der Waals surface area (Å²) >= 11 is 2.11. The van der Waals surface area contributed by atoms with Gasteiger partial charge in [0, 0.05) is 0 Å². The van der Waals surface area contributed by atoms with Crippen molar-refractivity contribution in [3.8, 4) is 0 Å². The van der Waals surface area contributed by atoms with Crippen molar-refractivity contribution < 1.29 is 4.79 Å². The Bertz CT molecular complexity index is 673. The van der Waals surface area contributed by atoms with Crippen LogP contribution < -0.4 is 4.46 Å². The summed E-state index contributed by atoms with van der Waals surface area (Å²) in [5.41, 5.74) is 0.853. The number of rotatable bonds is 4. The third-order valence-corrected chi connectivity index (χ3v) is 9.96. The van der Waals surface area contributed by atoms with Gasteiger partial charge in [-0.3, -0.25) is 0 Å². The van der Waals surface area contributed by atoms with Crippen molar-refractivity contribution in [2.45, 2.75) is 29.3 Å². The van der Waals surface area contributed by atoms with Crippen LogP contribution in [0.25, 0.3) is 0 Å². The molecule has 2 fully saturated rings. The number of thioether (sulfide) groups is 1. The Balaban J connectivity index is 1.50. The molecule has 2 saturated carbocycles. The number of fused-ring (bicyclic) bond motifs is 2. The Morgan fingerprint density at radius 3 is 2.30 bits per heavy atom. The molecule has 0 spiro atoms. The van der Waals surface area contributed by atoms with Gasteiger partial charge in [0.2, 0.25) is 0 Å². The Kier molecular flexibility index (Phi) is 4.61. The molecule has 4 rings (SSSR count). The van der Waals surface area contributed by atoms with Gasteiger partial charge in [0.1, 0.15) is 0 Å². The van der Waals surface area contributed by atoms with Crippen LogP contribution in [0, 0.1) is 11.8 Å². The predicted molar refractivity (Wildman–Crippen MR) is 98.6 cm³/mol. The fourth-order valence-electron chi connectivity index (χ4n) is 3.93. The number of carbonyl (C=O) groups is 1. The zero-order valence-electron chi connectivity index (χ0n) is 12.9. The molecule has 0 aliphatic heterocycles. The molecule has 2 bridgehead atoms. The van der Waals surface area contributed by atoms with Gasteiger partial charge in [0.25, 0.3) is 0 Å². The van der Waals surface area contributed by atoms with Crippen LogP contribution >= 0.6 is 11.8 Å². The van der Waals surface area contributed by atoms with Crippen molar-refractivity contribution in [2.75, 3.05) is 0 Å². The van der Waals surface area contributed by atoms with E-state index < -0.39 is 0 Å². The van der Waals surface area contributed by atoms with E-state index in [9.17, 15) is 4.79 Å². The van der Waals surface area contributed by atoms with Crippen LogP contribution in [0.1, 0.15) is 29.6 Å². The topological polar surface area (TPSA) is 17.1 Å². The second-order valence-electron chi connectivity index (χ2n) is 6.46. The first-order valence-corrected chi connectivity index (χ1v) is 11.0. The fourth-order valence-corrected chi connectivity index (χ4v) is 8.88. The van der Waals surface area contributed by atoms with Gasteiger partial charge < -0.3 is 0 Å². The maximum atomic E-state index is 12.6. The van der Waals surface area contributed by atoms with Gasteiger partial charge in [0.05, 0.1) is 0 Å². The van der Waals surface area contributed by atoms with Gasteiger partial charge in [-0.05, 0) is 0 Å². The molecule has 4 unspecified atom stereocenters. The maximum absolute atomic E-state index is 12.6. The molecule has 0 N–H and O–H groups in total. The number of carbonyl (C=O) groups excluding carboxylic acids is 1. The molecular formula is C20H20OSSe. The Morgan fingerprint density at radius 1 is 0.913 bits per heavy atom. The van der Waals surface area contributed by atoms with Crippen LogP contribution in [-0.4, -0.2) is 25.3 Å². The summed E-state index contributed by atoms with van der Waals surface area (Å²) in [6, 6.07) is 20.7. The van der Waals surface area contributed by atoms with Gasteiger partial charge in [-0.25, -0.2) is 0 Å². The van der Waals surface area contributed by atoms with Crippen LogP contribution in [0.5, 0.6) is 0 Å². The van der Waals surface area contributed by atoms with Crippen LogP contribution in [-0.2, 0) is 0 Å². The van der Waals surface area contributed by atoms with Gasteiger partial charge in [-0.2, -0.15) is 0 Å². The van der Waals surface area contributed by atoms with Gasteiger partial charge >= 0.3 is 148 Å². The van der Waals surface area contributed by atoms with Gasteiger partial charge in [-0.15, -0.1) is 0 Å².